The summed E-state index contributed by atoms with van der Waals surface area (Å²) < 4.78 is 5.99. The Labute approximate surface area is 105 Å². The van der Waals surface area contributed by atoms with Crippen molar-refractivity contribution in [3.05, 3.63) is 28.2 Å². The zero-order valence-electron chi connectivity index (χ0n) is 8.88. The number of aromatic nitrogens is 4. The van der Waals surface area contributed by atoms with Gasteiger partial charge in [-0.15, -0.1) is 5.10 Å². The molecule has 0 saturated heterocycles. The van der Waals surface area contributed by atoms with E-state index in [1.807, 2.05) is 18.2 Å². The maximum absolute atomic E-state index is 5.12. The summed E-state index contributed by atoms with van der Waals surface area (Å²) in [7, 11) is 1.62. The number of tetrazole rings is 1. The number of hydrogen-bond acceptors (Lipinski definition) is 6. The van der Waals surface area contributed by atoms with Crippen molar-refractivity contribution in [3.8, 4) is 5.75 Å². The predicted octanol–water partition coefficient (Wildman–Crippen LogP) is 1.42. The average molecular weight is 297 g/mol. The van der Waals surface area contributed by atoms with Crippen molar-refractivity contribution in [2.45, 2.75) is 0 Å². The van der Waals surface area contributed by atoms with Gasteiger partial charge in [-0.25, -0.2) is 5.43 Å². The molecule has 2 aromatic rings. The van der Waals surface area contributed by atoms with E-state index in [1.54, 1.807) is 13.3 Å². The lowest BCUT2D eigenvalue weighted by atomic mass is 10.2. The highest BCUT2D eigenvalue weighted by Crippen LogP contribution is 2.24. The van der Waals surface area contributed by atoms with Gasteiger partial charge >= 0.3 is 0 Å². The zero-order chi connectivity index (χ0) is 12.1. The van der Waals surface area contributed by atoms with Crippen molar-refractivity contribution in [2.24, 2.45) is 5.10 Å². The summed E-state index contributed by atoms with van der Waals surface area (Å²) in [5, 5.41) is 17.0. The van der Waals surface area contributed by atoms with E-state index in [-0.39, 0.29) is 0 Å². The van der Waals surface area contributed by atoms with E-state index in [2.05, 4.69) is 47.1 Å². The number of hydrazone groups is 1. The van der Waals surface area contributed by atoms with Crippen LogP contribution in [0.25, 0.3) is 0 Å². The van der Waals surface area contributed by atoms with Gasteiger partial charge < -0.3 is 4.74 Å². The van der Waals surface area contributed by atoms with E-state index in [9.17, 15) is 0 Å². The lowest BCUT2D eigenvalue weighted by Crippen LogP contribution is -1.93. The Morgan fingerprint density at radius 2 is 2.41 bits per heavy atom. The van der Waals surface area contributed by atoms with Crippen LogP contribution in [0.5, 0.6) is 5.75 Å². The van der Waals surface area contributed by atoms with Gasteiger partial charge in [0.1, 0.15) is 5.75 Å². The second kappa shape index (κ2) is 5.39. The number of ether oxygens (including phenoxy) is 1. The fourth-order valence-electron chi connectivity index (χ4n) is 1.14. The molecule has 0 saturated carbocycles. The second-order valence-electron chi connectivity index (χ2n) is 3.00. The average Bonchev–Trinajstić information content (AvgIpc) is 2.82. The Morgan fingerprint density at radius 3 is 3.06 bits per heavy atom. The summed E-state index contributed by atoms with van der Waals surface area (Å²) in [6.45, 7) is 0. The van der Waals surface area contributed by atoms with Crippen molar-refractivity contribution in [2.75, 3.05) is 12.5 Å². The van der Waals surface area contributed by atoms with Gasteiger partial charge in [-0.1, -0.05) is 5.10 Å². The van der Waals surface area contributed by atoms with E-state index in [0.29, 0.717) is 5.95 Å². The van der Waals surface area contributed by atoms with Gasteiger partial charge in [-0.05, 0) is 44.9 Å². The molecule has 2 rings (SSSR count). The molecule has 0 spiro atoms. The highest BCUT2D eigenvalue weighted by atomic mass is 79.9. The molecule has 17 heavy (non-hydrogen) atoms. The van der Waals surface area contributed by atoms with Crippen LogP contribution in [-0.4, -0.2) is 33.9 Å². The SMILES string of the molecule is COc1ccc(/C=N\Nc2nn[nH]n2)cc1Br. The third-order valence-corrected chi connectivity index (χ3v) is 2.52. The summed E-state index contributed by atoms with van der Waals surface area (Å²) in [4.78, 5) is 0. The van der Waals surface area contributed by atoms with Gasteiger partial charge in [0.2, 0.25) is 0 Å². The highest BCUT2D eigenvalue weighted by Gasteiger charge is 1.99. The van der Waals surface area contributed by atoms with Crippen molar-refractivity contribution < 1.29 is 4.74 Å². The first-order valence-electron chi connectivity index (χ1n) is 4.65. The topological polar surface area (TPSA) is 88.1 Å². The third-order valence-electron chi connectivity index (χ3n) is 1.90. The first kappa shape index (κ1) is 11.5. The maximum atomic E-state index is 5.12. The molecule has 1 aromatic carbocycles. The zero-order valence-corrected chi connectivity index (χ0v) is 10.5. The van der Waals surface area contributed by atoms with Crippen LogP contribution in [0.1, 0.15) is 5.56 Å². The molecule has 0 fully saturated rings. The highest BCUT2D eigenvalue weighted by molar-refractivity contribution is 9.10. The fraction of sp³-hybridized carbons (Fsp3) is 0.111. The smallest absolute Gasteiger partial charge is 0.283 e. The Bertz CT molecular complexity index is 512. The molecule has 8 heteroatoms. The first-order valence-corrected chi connectivity index (χ1v) is 5.45. The van der Waals surface area contributed by atoms with Crippen molar-refractivity contribution in [3.63, 3.8) is 0 Å². The summed E-state index contributed by atoms with van der Waals surface area (Å²) in [6.07, 6.45) is 1.64. The van der Waals surface area contributed by atoms with Crippen LogP contribution in [0, 0.1) is 0 Å². The number of rotatable bonds is 4. The van der Waals surface area contributed by atoms with E-state index in [4.69, 9.17) is 4.74 Å². The van der Waals surface area contributed by atoms with Gasteiger partial charge in [0.05, 0.1) is 17.8 Å². The Kier molecular flexibility index (Phi) is 3.66. The quantitative estimate of drug-likeness (QED) is 0.658. The van der Waals surface area contributed by atoms with Crippen LogP contribution in [0.2, 0.25) is 0 Å². The molecule has 1 heterocycles. The molecule has 0 atom stereocenters. The van der Waals surface area contributed by atoms with Crippen LogP contribution in [0.3, 0.4) is 0 Å². The van der Waals surface area contributed by atoms with Crippen LogP contribution >= 0.6 is 15.9 Å². The molecule has 0 amide bonds. The number of anilines is 1. The molecule has 2 N–H and O–H groups in total. The fourth-order valence-corrected chi connectivity index (χ4v) is 1.70. The van der Waals surface area contributed by atoms with Crippen molar-refractivity contribution in [1.29, 1.82) is 0 Å². The van der Waals surface area contributed by atoms with Gasteiger partial charge in [-0.2, -0.15) is 10.3 Å². The number of nitrogens with zero attached hydrogens (tertiary/aromatic N) is 4. The molecular formula is C9H9BrN6O. The normalized spacial score (nSPS) is 10.7. The number of methoxy groups -OCH3 is 1. The Balaban J connectivity index is 2.03. The summed E-state index contributed by atoms with van der Waals surface area (Å²) in [6, 6.07) is 5.62. The van der Waals surface area contributed by atoms with E-state index in [0.717, 1.165) is 15.8 Å². The molecule has 0 aliphatic rings. The van der Waals surface area contributed by atoms with Crippen LogP contribution in [0.15, 0.2) is 27.8 Å². The minimum atomic E-state index is 0.314. The molecule has 0 radical (unpaired) electrons. The summed E-state index contributed by atoms with van der Waals surface area (Å²) in [5.74, 6) is 1.09. The lowest BCUT2D eigenvalue weighted by Gasteiger charge is -2.02. The predicted molar refractivity (Wildman–Crippen MR) is 66.1 cm³/mol. The van der Waals surface area contributed by atoms with Crippen LogP contribution in [-0.2, 0) is 0 Å². The molecule has 0 bridgehead atoms. The van der Waals surface area contributed by atoms with Crippen molar-refractivity contribution >= 4 is 28.1 Å². The summed E-state index contributed by atoms with van der Waals surface area (Å²) in [5.41, 5.74) is 3.54. The second-order valence-corrected chi connectivity index (χ2v) is 3.85. The molecule has 0 unspecified atom stereocenters. The first-order chi connectivity index (χ1) is 8.29. The Hall–Kier alpha value is -1.96. The third kappa shape index (κ3) is 3.00. The number of benzene rings is 1. The largest absolute Gasteiger partial charge is 0.496 e. The van der Waals surface area contributed by atoms with Crippen LogP contribution in [0.4, 0.5) is 5.95 Å². The summed E-state index contributed by atoms with van der Waals surface area (Å²) >= 11 is 3.39. The molecular weight excluding hydrogens is 288 g/mol. The molecule has 0 aliphatic heterocycles. The Morgan fingerprint density at radius 1 is 1.53 bits per heavy atom. The van der Waals surface area contributed by atoms with Gasteiger partial charge in [-0.3, -0.25) is 0 Å². The maximum Gasteiger partial charge on any atom is 0.283 e. The number of aromatic amines is 1. The van der Waals surface area contributed by atoms with Gasteiger partial charge in [0, 0.05) is 0 Å². The van der Waals surface area contributed by atoms with Gasteiger partial charge in [0.25, 0.3) is 5.95 Å². The monoisotopic (exact) mass is 296 g/mol. The van der Waals surface area contributed by atoms with Crippen LogP contribution < -0.4 is 10.2 Å². The van der Waals surface area contributed by atoms with Crippen molar-refractivity contribution in [1.82, 2.24) is 20.6 Å². The number of hydrogen-bond donors (Lipinski definition) is 2. The number of halogens is 1. The molecule has 88 valence electrons. The molecule has 1 aromatic heterocycles. The number of H-pyrrole nitrogens is 1. The number of nitrogens with one attached hydrogen (secondary N) is 2. The van der Waals surface area contributed by atoms with E-state index >= 15 is 0 Å². The molecule has 0 aliphatic carbocycles. The van der Waals surface area contributed by atoms with E-state index < -0.39 is 0 Å². The van der Waals surface area contributed by atoms with Gasteiger partial charge in [0.15, 0.2) is 0 Å². The minimum absolute atomic E-state index is 0.314. The standard InChI is InChI=1S/C9H9BrN6O/c1-17-8-3-2-6(4-7(8)10)5-11-12-9-13-15-16-14-9/h2-5H,1H3,(H2,12,13,14,15,16)/b11-5-. The minimum Gasteiger partial charge on any atom is -0.496 e. The molecule has 7 nitrogen and oxygen atoms in total. The van der Waals surface area contributed by atoms with E-state index in [1.165, 1.54) is 0 Å². The lowest BCUT2D eigenvalue weighted by molar-refractivity contribution is 0.412.